The van der Waals surface area contributed by atoms with Crippen molar-refractivity contribution in [2.24, 2.45) is 5.41 Å². The lowest BCUT2D eigenvalue weighted by Gasteiger charge is -2.53. The summed E-state index contributed by atoms with van der Waals surface area (Å²) in [4.78, 5) is 25.5. The van der Waals surface area contributed by atoms with Crippen LogP contribution in [0.25, 0.3) is 0 Å². The number of ether oxygens (including phenoxy) is 1. The van der Waals surface area contributed by atoms with Gasteiger partial charge in [-0.15, -0.1) is 0 Å². The first kappa shape index (κ1) is 18.3. The summed E-state index contributed by atoms with van der Waals surface area (Å²) < 4.78 is 44.7. The van der Waals surface area contributed by atoms with E-state index in [4.69, 9.17) is 5.11 Å². The molecule has 1 spiro atoms. The number of hydrogen-bond acceptors (Lipinski definition) is 4. The van der Waals surface area contributed by atoms with Crippen molar-refractivity contribution in [1.29, 1.82) is 0 Å². The van der Waals surface area contributed by atoms with Crippen LogP contribution in [0.1, 0.15) is 28.8 Å². The number of amides is 1. The standard InChI is InChI=1S/C17H19F3N2O4/c1-26-14(23)11-2-3-12(17(18,19)20)13(8-11)21-6-4-16(5-7-21)9-22(10-16)15(24)25/h2-3,8H,4-7,9-10H2,1H3,(H,24,25). The SMILES string of the molecule is COC(=O)c1ccc(C(F)(F)F)c(N2CCC3(CC2)CN(C(=O)O)C3)c1. The molecule has 0 aromatic heterocycles. The van der Waals surface area contributed by atoms with Crippen LogP contribution < -0.4 is 4.90 Å². The van der Waals surface area contributed by atoms with Crippen molar-refractivity contribution >= 4 is 17.7 Å². The fourth-order valence-corrected chi connectivity index (χ4v) is 3.71. The highest BCUT2D eigenvalue weighted by atomic mass is 19.4. The number of methoxy groups -OCH3 is 1. The topological polar surface area (TPSA) is 70.1 Å². The number of benzene rings is 1. The van der Waals surface area contributed by atoms with E-state index in [1.807, 2.05) is 0 Å². The molecule has 0 radical (unpaired) electrons. The molecule has 0 saturated carbocycles. The highest BCUT2D eigenvalue weighted by Gasteiger charge is 2.47. The normalized spacial score (nSPS) is 19.2. The van der Waals surface area contributed by atoms with E-state index in [9.17, 15) is 22.8 Å². The molecule has 1 amide bonds. The maximum atomic E-state index is 13.4. The van der Waals surface area contributed by atoms with Crippen molar-refractivity contribution in [2.45, 2.75) is 19.0 Å². The number of carbonyl (C=O) groups excluding carboxylic acids is 1. The number of halogens is 3. The van der Waals surface area contributed by atoms with Gasteiger partial charge in [0, 0.05) is 37.3 Å². The van der Waals surface area contributed by atoms with Gasteiger partial charge in [-0.1, -0.05) is 0 Å². The second-order valence-corrected chi connectivity index (χ2v) is 6.85. The Morgan fingerprint density at radius 2 is 1.81 bits per heavy atom. The van der Waals surface area contributed by atoms with E-state index >= 15 is 0 Å². The number of nitrogens with zero attached hydrogens (tertiary/aromatic N) is 2. The Bertz CT molecular complexity index is 719. The highest BCUT2D eigenvalue weighted by molar-refractivity contribution is 5.91. The monoisotopic (exact) mass is 372 g/mol. The highest BCUT2D eigenvalue weighted by Crippen LogP contribution is 2.44. The smallest absolute Gasteiger partial charge is 0.418 e. The molecule has 2 aliphatic rings. The Labute approximate surface area is 148 Å². The number of piperidine rings is 1. The predicted octanol–water partition coefficient (Wildman–Crippen LogP) is 3.07. The number of carbonyl (C=O) groups is 2. The van der Waals surface area contributed by atoms with Gasteiger partial charge in [0.2, 0.25) is 0 Å². The second-order valence-electron chi connectivity index (χ2n) is 6.85. The van der Waals surface area contributed by atoms with Crippen molar-refractivity contribution in [1.82, 2.24) is 4.90 Å². The number of hydrogen-bond donors (Lipinski definition) is 1. The van der Waals surface area contributed by atoms with Gasteiger partial charge >= 0.3 is 18.2 Å². The zero-order valence-corrected chi connectivity index (χ0v) is 14.2. The molecule has 1 N–H and O–H groups in total. The Morgan fingerprint density at radius 3 is 2.31 bits per heavy atom. The molecule has 0 aliphatic carbocycles. The molecular weight excluding hydrogens is 353 g/mol. The van der Waals surface area contributed by atoms with Crippen LogP contribution >= 0.6 is 0 Å². The predicted molar refractivity (Wildman–Crippen MR) is 86.3 cm³/mol. The number of carboxylic acid groups (broad SMARTS) is 1. The molecule has 26 heavy (non-hydrogen) atoms. The first-order chi connectivity index (χ1) is 12.1. The quantitative estimate of drug-likeness (QED) is 0.808. The van der Waals surface area contributed by atoms with E-state index in [0.29, 0.717) is 39.0 Å². The van der Waals surface area contributed by atoms with Crippen LogP contribution in [-0.4, -0.2) is 55.4 Å². The third kappa shape index (κ3) is 3.30. The average Bonchev–Trinajstić information content (AvgIpc) is 2.57. The molecule has 2 heterocycles. The lowest BCUT2D eigenvalue weighted by molar-refractivity contribution is -0.137. The Kier molecular flexibility index (Phi) is 4.49. The van der Waals surface area contributed by atoms with Crippen LogP contribution in [0.4, 0.5) is 23.7 Å². The molecule has 0 atom stereocenters. The molecule has 2 fully saturated rings. The minimum Gasteiger partial charge on any atom is -0.465 e. The summed E-state index contributed by atoms with van der Waals surface area (Å²) in [7, 11) is 1.18. The van der Waals surface area contributed by atoms with E-state index < -0.39 is 23.8 Å². The zero-order chi connectivity index (χ0) is 19.1. The summed E-state index contributed by atoms with van der Waals surface area (Å²) in [5.74, 6) is -0.690. The summed E-state index contributed by atoms with van der Waals surface area (Å²) in [5, 5.41) is 8.96. The Morgan fingerprint density at radius 1 is 1.19 bits per heavy atom. The van der Waals surface area contributed by atoms with E-state index in [1.165, 1.54) is 18.1 Å². The van der Waals surface area contributed by atoms with Gasteiger partial charge in [0.1, 0.15) is 0 Å². The van der Waals surface area contributed by atoms with Gasteiger partial charge in [0.25, 0.3) is 0 Å². The summed E-state index contributed by atoms with van der Waals surface area (Å²) in [6, 6.07) is 3.23. The first-order valence-electron chi connectivity index (χ1n) is 8.18. The van der Waals surface area contributed by atoms with Gasteiger partial charge in [-0.3, -0.25) is 0 Å². The first-order valence-corrected chi connectivity index (χ1v) is 8.18. The molecule has 0 unspecified atom stereocenters. The van der Waals surface area contributed by atoms with Crippen LogP contribution in [0.2, 0.25) is 0 Å². The molecule has 1 aromatic carbocycles. The van der Waals surface area contributed by atoms with Crippen LogP contribution in [0, 0.1) is 5.41 Å². The van der Waals surface area contributed by atoms with Gasteiger partial charge in [-0.2, -0.15) is 13.2 Å². The van der Waals surface area contributed by atoms with Crippen LogP contribution in [0.15, 0.2) is 18.2 Å². The lowest BCUT2D eigenvalue weighted by atomic mass is 9.72. The molecule has 3 rings (SSSR count). The van der Waals surface area contributed by atoms with Crippen LogP contribution in [0.5, 0.6) is 0 Å². The molecule has 0 bridgehead atoms. The number of esters is 1. The third-order valence-corrected chi connectivity index (χ3v) is 5.21. The van der Waals surface area contributed by atoms with Crippen LogP contribution in [-0.2, 0) is 10.9 Å². The summed E-state index contributed by atoms with van der Waals surface area (Å²) in [5.41, 5.74) is -0.907. The van der Waals surface area contributed by atoms with E-state index in [2.05, 4.69) is 4.74 Å². The fourth-order valence-electron chi connectivity index (χ4n) is 3.71. The van der Waals surface area contributed by atoms with Crippen molar-refractivity contribution < 1.29 is 32.6 Å². The molecule has 9 heteroatoms. The number of anilines is 1. The lowest BCUT2D eigenvalue weighted by Crippen LogP contribution is -2.61. The summed E-state index contributed by atoms with van der Waals surface area (Å²) >= 11 is 0. The van der Waals surface area contributed by atoms with E-state index in [1.54, 1.807) is 4.90 Å². The maximum absolute atomic E-state index is 13.4. The van der Waals surface area contributed by atoms with Crippen molar-refractivity contribution in [3.63, 3.8) is 0 Å². The molecule has 2 saturated heterocycles. The van der Waals surface area contributed by atoms with Gasteiger partial charge in [-0.05, 0) is 31.0 Å². The number of likely N-dealkylation sites (tertiary alicyclic amines) is 1. The summed E-state index contributed by atoms with van der Waals surface area (Å²) in [6.45, 7) is 1.59. The van der Waals surface area contributed by atoms with E-state index in [0.717, 1.165) is 12.1 Å². The van der Waals surface area contributed by atoms with Crippen molar-refractivity contribution in [2.75, 3.05) is 38.2 Å². The van der Waals surface area contributed by atoms with E-state index in [-0.39, 0.29) is 16.7 Å². The molecule has 6 nitrogen and oxygen atoms in total. The maximum Gasteiger partial charge on any atom is 0.418 e. The number of alkyl halides is 3. The van der Waals surface area contributed by atoms with Crippen molar-refractivity contribution in [3.05, 3.63) is 29.3 Å². The van der Waals surface area contributed by atoms with Crippen molar-refractivity contribution in [3.8, 4) is 0 Å². The summed E-state index contributed by atoms with van der Waals surface area (Å²) in [6.07, 6.45) is -4.29. The average molecular weight is 372 g/mol. The second kappa shape index (κ2) is 6.37. The Hall–Kier alpha value is -2.45. The van der Waals surface area contributed by atoms with Crippen LogP contribution in [0.3, 0.4) is 0 Å². The van der Waals surface area contributed by atoms with Gasteiger partial charge < -0.3 is 19.6 Å². The van der Waals surface area contributed by atoms with Gasteiger partial charge in [-0.25, -0.2) is 9.59 Å². The molecular formula is C17H19F3N2O4. The van der Waals surface area contributed by atoms with Gasteiger partial charge in [0.15, 0.2) is 0 Å². The minimum atomic E-state index is -4.53. The fraction of sp³-hybridized carbons (Fsp3) is 0.529. The zero-order valence-electron chi connectivity index (χ0n) is 14.2. The van der Waals surface area contributed by atoms with Gasteiger partial charge in [0.05, 0.1) is 18.2 Å². The third-order valence-electron chi connectivity index (χ3n) is 5.21. The number of rotatable bonds is 2. The Balaban J connectivity index is 1.80. The molecule has 142 valence electrons. The minimum absolute atomic E-state index is 0.0373. The molecule has 1 aromatic rings. The largest absolute Gasteiger partial charge is 0.465 e. The molecule has 2 aliphatic heterocycles.